The van der Waals surface area contributed by atoms with Crippen molar-refractivity contribution in [2.45, 2.75) is 37.1 Å². The zero-order valence-electron chi connectivity index (χ0n) is 12.0. The Morgan fingerprint density at radius 3 is 2.86 bits per heavy atom. The van der Waals surface area contributed by atoms with Crippen LogP contribution in [0.4, 0.5) is 10.1 Å². The molecule has 0 unspecified atom stereocenters. The van der Waals surface area contributed by atoms with E-state index in [0.717, 1.165) is 30.6 Å². The number of rotatable bonds is 2. The minimum atomic E-state index is -3.76. The summed E-state index contributed by atoms with van der Waals surface area (Å²) in [7, 11) is -3.76. The van der Waals surface area contributed by atoms with Crippen LogP contribution in [0.2, 0.25) is 0 Å². The molecule has 5 nitrogen and oxygen atoms in total. The lowest BCUT2D eigenvalue weighted by molar-refractivity contribution is 0.481. The van der Waals surface area contributed by atoms with E-state index in [4.69, 9.17) is 0 Å². The van der Waals surface area contributed by atoms with Gasteiger partial charge in [0.25, 0.3) is 10.0 Å². The number of hydrogen-bond acceptors (Lipinski definition) is 3. The van der Waals surface area contributed by atoms with Gasteiger partial charge >= 0.3 is 0 Å². The lowest BCUT2D eigenvalue weighted by Crippen LogP contribution is -2.30. The molecule has 2 aliphatic heterocycles. The van der Waals surface area contributed by atoms with Crippen LogP contribution in [0.3, 0.4) is 0 Å². The van der Waals surface area contributed by atoms with Gasteiger partial charge in [-0.1, -0.05) is 12.1 Å². The van der Waals surface area contributed by atoms with Crippen molar-refractivity contribution in [1.29, 1.82) is 0 Å². The molecule has 0 amide bonds. The van der Waals surface area contributed by atoms with Gasteiger partial charge in [0.15, 0.2) is 0 Å². The maximum absolute atomic E-state index is 14.1. The molecule has 116 valence electrons. The van der Waals surface area contributed by atoms with E-state index in [1.807, 2.05) is 0 Å². The molecule has 22 heavy (non-hydrogen) atoms. The van der Waals surface area contributed by atoms with Crippen molar-refractivity contribution in [2.24, 2.45) is 0 Å². The highest BCUT2D eigenvalue weighted by atomic mass is 32.2. The Kier molecular flexibility index (Phi) is 3.00. The smallest absolute Gasteiger partial charge is 0.267 e. The molecule has 7 heteroatoms. The highest BCUT2D eigenvalue weighted by Crippen LogP contribution is 2.36. The summed E-state index contributed by atoms with van der Waals surface area (Å²) < 4.78 is 43.1. The summed E-state index contributed by atoms with van der Waals surface area (Å²) in [5, 5.41) is 4.19. The van der Waals surface area contributed by atoms with Gasteiger partial charge in [-0.2, -0.15) is 5.10 Å². The molecule has 0 saturated carbocycles. The van der Waals surface area contributed by atoms with Gasteiger partial charge in [-0.05, 0) is 37.3 Å². The zero-order chi connectivity index (χ0) is 15.3. The summed E-state index contributed by atoms with van der Waals surface area (Å²) in [5.41, 5.74) is 1.68. The monoisotopic (exact) mass is 321 g/mol. The van der Waals surface area contributed by atoms with Crippen LogP contribution < -0.4 is 4.31 Å². The molecule has 1 aromatic heterocycles. The number of sulfonamides is 1. The van der Waals surface area contributed by atoms with Gasteiger partial charge in [0.1, 0.15) is 10.7 Å². The van der Waals surface area contributed by atoms with Crippen molar-refractivity contribution in [3.63, 3.8) is 0 Å². The summed E-state index contributed by atoms with van der Waals surface area (Å²) in [5.74, 6) is -0.486. The molecule has 0 saturated heterocycles. The van der Waals surface area contributed by atoms with E-state index in [2.05, 4.69) is 5.10 Å². The quantitative estimate of drug-likeness (QED) is 0.851. The van der Waals surface area contributed by atoms with Gasteiger partial charge in [0.2, 0.25) is 0 Å². The molecule has 1 aromatic carbocycles. The van der Waals surface area contributed by atoms with Crippen molar-refractivity contribution >= 4 is 15.7 Å². The van der Waals surface area contributed by atoms with Crippen LogP contribution in [0.15, 0.2) is 29.3 Å². The third-order valence-electron chi connectivity index (χ3n) is 4.42. The van der Waals surface area contributed by atoms with E-state index in [9.17, 15) is 12.8 Å². The van der Waals surface area contributed by atoms with Crippen LogP contribution in [0, 0.1) is 5.82 Å². The van der Waals surface area contributed by atoms with E-state index in [1.165, 1.54) is 16.6 Å². The molecular weight excluding hydrogens is 305 g/mol. The molecule has 0 radical (unpaired) electrons. The molecule has 0 bridgehead atoms. The maximum Gasteiger partial charge on any atom is 0.267 e. The van der Waals surface area contributed by atoms with Crippen molar-refractivity contribution in [1.82, 2.24) is 9.78 Å². The SMILES string of the molecule is O=S(=O)(c1cnn2c1CCCC2)N1CCc2cccc(F)c21. The van der Waals surface area contributed by atoms with E-state index in [0.29, 0.717) is 12.8 Å². The van der Waals surface area contributed by atoms with Gasteiger partial charge in [-0.25, -0.2) is 12.8 Å². The van der Waals surface area contributed by atoms with Gasteiger partial charge in [-0.3, -0.25) is 8.99 Å². The number of aromatic nitrogens is 2. The number of benzene rings is 1. The van der Waals surface area contributed by atoms with Crippen molar-refractivity contribution in [3.05, 3.63) is 41.5 Å². The number of para-hydroxylation sites is 1. The molecule has 2 aliphatic rings. The first-order chi connectivity index (χ1) is 10.6. The summed E-state index contributed by atoms with van der Waals surface area (Å²) >= 11 is 0. The highest BCUT2D eigenvalue weighted by molar-refractivity contribution is 7.92. The Morgan fingerprint density at radius 2 is 2.00 bits per heavy atom. The molecule has 0 N–H and O–H groups in total. The predicted octanol–water partition coefficient (Wildman–Crippen LogP) is 2.11. The topological polar surface area (TPSA) is 55.2 Å². The predicted molar refractivity (Wildman–Crippen MR) is 79.8 cm³/mol. The summed E-state index contributed by atoms with van der Waals surface area (Å²) in [6, 6.07) is 4.70. The molecule has 0 spiro atoms. The third kappa shape index (κ3) is 1.88. The Balaban J connectivity index is 1.83. The van der Waals surface area contributed by atoms with Crippen LogP contribution in [0.5, 0.6) is 0 Å². The second-order valence-electron chi connectivity index (χ2n) is 5.71. The summed E-state index contributed by atoms with van der Waals surface area (Å²) in [4.78, 5) is 0.225. The van der Waals surface area contributed by atoms with Crippen molar-refractivity contribution in [2.75, 3.05) is 10.8 Å². The minimum Gasteiger partial charge on any atom is -0.268 e. The number of hydrogen-bond donors (Lipinski definition) is 0. The number of nitrogens with zero attached hydrogens (tertiary/aromatic N) is 3. The Bertz CT molecular complexity index is 844. The maximum atomic E-state index is 14.1. The van der Waals surface area contributed by atoms with Crippen LogP contribution in [-0.4, -0.2) is 24.7 Å². The average Bonchev–Trinajstić information content (AvgIpc) is 3.12. The van der Waals surface area contributed by atoms with Crippen molar-refractivity contribution < 1.29 is 12.8 Å². The molecular formula is C15H16FN3O2S. The molecule has 4 rings (SSSR count). The van der Waals surface area contributed by atoms with Gasteiger partial charge in [0, 0.05) is 13.1 Å². The van der Waals surface area contributed by atoms with Crippen LogP contribution in [-0.2, 0) is 29.4 Å². The Morgan fingerprint density at radius 1 is 1.14 bits per heavy atom. The molecule has 3 heterocycles. The lowest BCUT2D eigenvalue weighted by atomic mass is 10.1. The zero-order valence-corrected chi connectivity index (χ0v) is 12.8. The number of anilines is 1. The van der Waals surface area contributed by atoms with Gasteiger partial charge < -0.3 is 0 Å². The normalized spacial score (nSPS) is 17.4. The van der Waals surface area contributed by atoms with E-state index >= 15 is 0 Å². The average molecular weight is 321 g/mol. The first-order valence-corrected chi connectivity index (χ1v) is 8.88. The standard InChI is InChI=1S/C15H16FN3O2S/c16-12-5-3-4-11-7-9-19(15(11)12)22(20,21)14-10-17-18-8-2-1-6-13(14)18/h3-5,10H,1-2,6-9H2. The van der Waals surface area contributed by atoms with E-state index in [1.54, 1.807) is 16.8 Å². The minimum absolute atomic E-state index is 0.193. The highest BCUT2D eigenvalue weighted by Gasteiger charge is 2.36. The largest absolute Gasteiger partial charge is 0.268 e. The second kappa shape index (κ2) is 4.81. The fourth-order valence-corrected chi connectivity index (χ4v) is 5.04. The Hall–Kier alpha value is -1.89. The van der Waals surface area contributed by atoms with Crippen molar-refractivity contribution in [3.8, 4) is 0 Å². The number of fused-ring (bicyclic) bond motifs is 2. The first kappa shape index (κ1) is 13.8. The lowest BCUT2D eigenvalue weighted by Gasteiger charge is -2.21. The van der Waals surface area contributed by atoms with E-state index in [-0.39, 0.29) is 17.1 Å². The fraction of sp³-hybridized carbons (Fsp3) is 0.400. The van der Waals surface area contributed by atoms with Gasteiger partial charge in [0.05, 0.1) is 17.6 Å². The van der Waals surface area contributed by atoms with Crippen LogP contribution >= 0.6 is 0 Å². The fourth-order valence-electron chi connectivity index (χ4n) is 3.34. The van der Waals surface area contributed by atoms with Crippen LogP contribution in [0.25, 0.3) is 0 Å². The van der Waals surface area contributed by atoms with E-state index < -0.39 is 15.8 Å². The van der Waals surface area contributed by atoms with Crippen LogP contribution in [0.1, 0.15) is 24.1 Å². The number of aryl methyl sites for hydroxylation is 1. The number of halogens is 1. The Labute approximate surface area is 128 Å². The second-order valence-corrected chi connectivity index (χ2v) is 7.54. The summed E-state index contributed by atoms with van der Waals surface area (Å²) in [6.45, 7) is 1.03. The molecule has 0 aliphatic carbocycles. The third-order valence-corrected chi connectivity index (χ3v) is 6.26. The van der Waals surface area contributed by atoms with Gasteiger partial charge in [-0.15, -0.1) is 0 Å². The molecule has 0 fully saturated rings. The molecule has 0 atom stereocenters. The first-order valence-electron chi connectivity index (χ1n) is 7.44. The molecule has 2 aromatic rings. The summed E-state index contributed by atoms with van der Waals surface area (Å²) in [6.07, 6.45) is 4.62.